The molecular weight excluding hydrogens is 541 g/mol. The quantitative estimate of drug-likeness (QED) is 0.140. The average molecular weight is 577 g/mol. The van der Waals surface area contributed by atoms with E-state index in [1.54, 1.807) is 0 Å². The monoisotopic (exact) mass is 576 g/mol. The highest BCUT2D eigenvalue weighted by Gasteiger charge is 2.41. The Morgan fingerprint density at radius 1 is 0.262 bits per heavy atom. The van der Waals surface area contributed by atoms with Gasteiger partial charge in [-0.15, -0.1) is 0 Å². The summed E-state index contributed by atoms with van der Waals surface area (Å²) in [6, 6.07) is 66.2. The third kappa shape index (κ3) is 5.45. The van der Waals surface area contributed by atoms with E-state index in [2.05, 4.69) is 192 Å². The fourth-order valence-electron chi connectivity index (χ4n) is 6.24. The van der Waals surface area contributed by atoms with Gasteiger partial charge in [-0.05, 0) is 31.1 Å². The van der Waals surface area contributed by atoms with E-state index in [1.165, 1.54) is 31.1 Å². The number of hydrogen-bond acceptors (Lipinski definition) is 2. The molecular formula is C38H36N2Si2. The van der Waals surface area contributed by atoms with Crippen LogP contribution in [0, 0.1) is 0 Å². The molecule has 6 rings (SSSR count). The first kappa shape index (κ1) is 27.8. The maximum absolute atomic E-state index is 4.21. The van der Waals surface area contributed by atoms with Gasteiger partial charge in [-0.1, -0.05) is 182 Å². The summed E-state index contributed by atoms with van der Waals surface area (Å²) in [7, 11) is -5.07. The van der Waals surface area contributed by atoms with Gasteiger partial charge in [-0.2, -0.15) is 0 Å². The minimum absolute atomic E-state index is 0.826. The molecule has 2 N–H and O–H groups in total. The molecule has 0 saturated carbocycles. The van der Waals surface area contributed by atoms with Gasteiger partial charge in [0.25, 0.3) is 0 Å². The standard InChI is InChI=1S/C38H36N2Si2/c1-7-19-33(20-8-1)41(34-21-9-2-10-22-34,35-23-11-3-12-24-35)39-31-32-40-42(36-25-13-4-14-26-36,37-27-15-5-16-28-37)38-29-17-6-18-30-38/h1-30,39-40H,31-32H2. The Morgan fingerprint density at radius 2 is 0.429 bits per heavy atom. The zero-order valence-electron chi connectivity index (χ0n) is 23.7. The molecule has 0 unspecified atom stereocenters. The summed E-state index contributed by atoms with van der Waals surface area (Å²) in [6.45, 7) is 1.65. The lowest BCUT2D eigenvalue weighted by molar-refractivity contribution is 0.828. The van der Waals surface area contributed by atoms with Gasteiger partial charge in [0.1, 0.15) is 0 Å². The first-order valence-electron chi connectivity index (χ1n) is 14.7. The summed E-state index contributed by atoms with van der Waals surface area (Å²) in [5.74, 6) is 0. The van der Waals surface area contributed by atoms with Crippen LogP contribution in [0.15, 0.2) is 182 Å². The smallest absolute Gasteiger partial charge is 0.222 e. The molecule has 0 aromatic heterocycles. The van der Waals surface area contributed by atoms with Gasteiger partial charge in [-0.25, -0.2) is 0 Å². The van der Waals surface area contributed by atoms with Crippen LogP contribution in [0.1, 0.15) is 0 Å². The molecule has 0 amide bonds. The average Bonchev–Trinajstić information content (AvgIpc) is 3.09. The van der Waals surface area contributed by atoms with Gasteiger partial charge in [0.2, 0.25) is 16.5 Å². The molecule has 0 radical (unpaired) electrons. The zero-order chi connectivity index (χ0) is 28.5. The fourth-order valence-corrected chi connectivity index (χ4v) is 14.6. The lowest BCUT2D eigenvalue weighted by atomic mass is 10.3. The molecule has 6 aromatic rings. The van der Waals surface area contributed by atoms with E-state index in [0.29, 0.717) is 0 Å². The van der Waals surface area contributed by atoms with Crippen LogP contribution in [-0.4, -0.2) is 29.6 Å². The Labute approximate surface area is 251 Å². The lowest BCUT2D eigenvalue weighted by Gasteiger charge is -2.37. The second-order valence-corrected chi connectivity index (χ2v) is 17.7. The van der Waals surface area contributed by atoms with Crippen molar-refractivity contribution in [2.75, 3.05) is 13.1 Å². The Morgan fingerprint density at radius 3 is 0.595 bits per heavy atom. The molecule has 0 aliphatic rings. The van der Waals surface area contributed by atoms with Gasteiger partial charge in [0, 0.05) is 13.1 Å². The van der Waals surface area contributed by atoms with Gasteiger partial charge in [-0.3, -0.25) is 0 Å². The van der Waals surface area contributed by atoms with Crippen LogP contribution in [0.3, 0.4) is 0 Å². The van der Waals surface area contributed by atoms with Crippen molar-refractivity contribution in [3.05, 3.63) is 182 Å². The topological polar surface area (TPSA) is 24.1 Å². The molecule has 42 heavy (non-hydrogen) atoms. The summed E-state index contributed by atoms with van der Waals surface area (Å²) in [4.78, 5) is 8.42. The number of hydrogen-bond donors (Lipinski definition) is 2. The van der Waals surface area contributed by atoms with Crippen molar-refractivity contribution >= 4 is 47.6 Å². The molecule has 4 heteroatoms. The Bertz CT molecular complexity index is 1330. The summed E-state index contributed by atoms with van der Waals surface area (Å²) in [5.41, 5.74) is 0. The minimum Gasteiger partial charge on any atom is -0.326 e. The normalized spacial score (nSPS) is 11.7. The molecule has 0 spiro atoms. The predicted octanol–water partition coefficient (Wildman–Crippen LogP) is 3.50. The lowest BCUT2D eigenvalue weighted by Crippen LogP contribution is -2.79. The van der Waals surface area contributed by atoms with E-state index in [9.17, 15) is 0 Å². The molecule has 6 aromatic carbocycles. The van der Waals surface area contributed by atoms with Crippen LogP contribution in [0.4, 0.5) is 0 Å². The van der Waals surface area contributed by atoms with Crippen molar-refractivity contribution in [3.63, 3.8) is 0 Å². The number of rotatable bonds is 11. The maximum Gasteiger partial charge on any atom is 0.222 e. The second-order valence-electron chi connectivity index (χ2n) is 10.5. The van der Waals surface area contributed by atoms with E-state index >= 15 is 0 Å². The third-order valence-electron chi connectivity index (χ3n) is 8.15. The Hall–Kier alpha value is -4.33. The highest BCUT2D eigenvalue weighted by Crippen LogP contribution is 2.07. The van der Waals surface area contributed by atoms with Crippen molar-refractivity contribution in [1.29, 1.82) is 0 Å². The summed E-state index contributed by atoms with van der Waals surface area (Å²) >= 11 is 0. The number of benzene rings is 6. The molecule has 2 nitrogen and oxygen atoms in total. The van der Waals surface area contributed by atoms with Crippen molar-refractivity contribution in [2.45, 2.75) is 0 Å². The molecule has 0 bridgehead atoms. The number of nitrogens with one attached hydrogen (secondary N) is 2. The van der Waals surface area contributed by atoms with Crippen molar-refractivity contribution in [3.8, 4) is 0 Å². The molecule has 0 fully saturated rings. The van der Waals surface area contributed by atoms with Crippen LogP contribution >= 0.6 is 0 Å². The van der Waals surface area contributed by atoms with E-state index < -0.39 is 16.5 Å². The minimum atomic E-state index is -2.53. The summed E-state index contributed by atoms with van der Waals surface area (Å²) < 4.78 is 0. The Balaban J connectivity index is 1.41. The largest absolute Gasteiger partial charge is 0.326 e. The maximum atomic E-state index is 4.21. The molecule has 0 atom stereocenters. The second kappa shape index (κ2) is 13.1. The predicted molar refractivity (Wildman–Crippen MR) is 184 cm³/mol. The first-order valence-corrected chi connectivity index (χ1v) is 18.7. The van der Waals surface area contributed by atoms with Crippen molar-refractivity contribution < 1.29 is 0 Å². The van der Waals surface area contributed by atoms with E-state index in [1.807, 2.05) is 0 Å². The van der Waals surface area contributed by atoms with Crippen molar-refractivity contribution in [2.24, 2.45) is 0 Å². The van der Waals surface area contributed by atoms with Crippen LogP contribution in [0.2, 0.25) is 0 Å². The molecule has 0 aliphatic carbocycles. The summed E-state index contributed by atoms with van der Waals surface area (Å²) in [6.07, 6.45) is 0. The highest BCUT2D eigenvalue weighted by atomic mass is 28.3. The highest BCUT2D eigenvalue weighted by molar-refractivity contribution is 7.10. The summed E-state index contributed by atoms with van der Waals surface area (Å²) in [5, 5.41) is 8.17. The molecule has 0 saturated heterocycles. The van der Waals surface area contributed by atoms with Gasteiger partial charge < -0.3 is 9.96 Å². The SMILES string of the molecule is c1ccc([Si](NCCN[Si](c2ccccc2)(c2ccccc2)c2ccccc2)(c2ccccc2)c2ccccc2)cc1. The van der Waals surface area contributed by atoms with Crippen LogP contribution in [-0.2, 0) is 0 Å². The van der Waals surface area contributed by atoms with E-state index in [4.69, 9.17) is 0 Å². The van der Waals surface area contributed by atoms with Gasteiger partial charge in [0.05, 0.1) is 0 Å². The third-order valence-corrected chi connectivity index (χ3v) is 16.9. The molecule has 0 aliphatic heterocycles. The Kier molecular flexibility index (Phi) is 8.68. The van der Waals surface area contributed by atoms with Gasteiger partial charge >= 0.3 is 0 Å². The fraction of sp³-hybridized carbons (Fsp3) is 0.0526. The van der Waals surface area contributed by atoms with Crippen LogP contribution < -0.4 is 41.1 Å². The zero-order valence-corrected chi connectivity index (χ0v) is 25.7. The molecule has 206 valence electrons. The van der Waals surface area contributed by atoms with Crippen LogP contribution in [0.5, 0.6) is 0 Å². The first-order chi connectivity index (χ1) is 20.8. The van der Waals surface area contributed by atoms with E-state index in [-0.39, 0.29) is 0 Å². The molecule has 0 heterocycles. The van der Waals surface area contributed by atoms with Gasteiger partial charge in [0.15, 0.2) is 0 Å². The van der Waals surface area contributed by atoms with E-state index in [0.717, 1.165) is 13.1 Å². The van der Waals surface area contributed by atoms with Crippen molar-refractivity contribution in [1.82, 2.24) is 9.96 Å². The van der Waals surface area contributed by atoms with Crippen LogP contribution in [0.25, 0.3) is 0 Å².